The number of hydrogen-bond donors (Lipinski definition) is 2. The van der Waals surface area contributed by atoms with Crippen LogP contribution in [-0.4, -0.2) is 33.4 Å². The van der Waals surface area contributed by atoms with Gasteiger partial charge in [-0.2, -0.15) is 5.10 Å². The summed E-state index contributed by atoms with van der Waals surface area (Å²) in [6, 6.07) is 2.73. The highest BCUT2D eigenvalue weighted by Gasteiger charge is 2.09. The van der Waals surface area contributed by atoms with Crippen LogP contribution in [0.1, 0.15) is 37.2 Å². The molecular formula is C12H19N3O3. The van der Waals surface area contributed by atoms with Crippen molar-refractivity contribution >= 4 is 5.91 Å². The number of aromatic nitrogens is 2. The van der Waals surface area contributed by atoms with Crippen molar-refractivity contribution in [2.45, 2.75) is 39.3 Å². The second-order valence-corrected chi connectivity index (χ2v) is 3.98. The first kappa shape index (κ1) is 14.4. The molecular weight excluding hydrogens is 234 g/mol. The van der Waals surface area contributed by atoms with Gasteiger partial charge >= 0.3 is 0 Å². The number of aliphatic hydroxyl groups excluding tert-OH is 1. The van der Waals surface area contributed by atoms with Crippen LogP contribution >= 0.6 is 0 Å². The Labute approximate surface area is 106 Å². The van der Waals surface area contributed by atoms with Crippen LogP contribution < -0.4 is 10.9 Å². The van der Waals surface area contributed by atoms with Gasteiger partial charge in [-0.1, -0.05) is 6.92 Å². The Morgan fingerprint density at radius 2 is 2.22 bits per heavy atom. The number of amides is 1. The van der Waals surface area contributed by atoms with E-state index in [2.05, 4.69) is 10.4 Å². The van der Waals surface area contributed by atoms with E-state index in [-0.39, 0.29) is 17.2 Å². The van der Waals surface area contributed by atoms with Crippen molar-refractivity contribution in [1.82, 2.24) is 15.1 Å². The molecule has 1 atom stereocenters. The maximum Gasteiger partial charge on any atom is 0.271 e. The third kappa shape index (κ3) is 3.96. The van der Waals surface area contributed by atoms with Crippen LogP contribution in [0.3, 0.4) is 0 Å². The summed E-state index contributed by atoms with van der Waals surface area (Å²) in [6.07, 6.45) is 0.771. The zero-order valence-corrected chi connectivity index (χ0v) is 10.7. The Morgan fingerprint density at radius 3 is 2.83 bits per heavy atom. The minimum atomic E-state index is -0.400. The van der Waals surface area contributed by atoms with Gasteiger partial charge in [0.15, 0.2) is 0 Å². The molecule has 0 saturated heterocycles. The highest BCUT2D eigenvalue weighted by Crippen LogP contribution is 1.96. The molecule has 6 heteroatoms. The first-order chi connectivity index (χ1) is 8.58. The van der Waals surface area contributed by atoms with Gasteiger partial charge in [0.25, 0.3) is 11.5 Å². The highest BCUT2D eigenvalue weighted by molar-refractivity contribution is 5.91. The first-order valence-corrected chi connectivity index (χ1v) is 6.12. The Hall–Kier alpha value is -1.69. The zero-order valence-electron chi connectivity index (χ0n) is 10.7. The van der Waals surface area contributed by atoms with Gasteiger partial charge in [-0.05, 0) is 25.8 Å². The standard InChI is InChI=1S/C12H19N3O3/c1-3-9(16)7-8-13-12(18)10-5-6-11(17)15(4-2)14-10/h5-6,9,16H,3-4,7-8H2,1-2H3,(H,13,18). The average molecular weight is 253 g/mol. The first-order valence-electron chi connectivity index (χ1n) is 6.12. The third-order valence-corrected chi connectivity index (χ3v) is 2.63. The lowest BCUT2D eigenvalue weighted by Gasteiger charge is -2.09. The fourth-order valence-corrected chi connectivity index (χ4v) is 1.44. The third-order valence-electron chi connectivity index (χ3n) is 2.63. The molecule has 0 aliphatic heterocycles. The van der Waals surface area contributed by atoms with Gasteiger partial charge in [0, 0.05) is 19.2 Å². The number of aliphatic hydroxyl groups is 1. The summed E-state index contributed by atoms with van der Waals surface area (Å²) in [5.41, 5.74) is -0.0158. The summed E-state index contributed by atoms with van der Waals surface area (Å²) in [5.74, 6) is -0.333. The molecule has 0 bridgehead atoms. The van der Waals surface area contributed by atoms with Gasteiger partial charge in [0.1, 0.15) is 5.69 Å². The summed E-state index contributed by atoms with van der Waals surface area (Å²) in [6.45, 7) is 4.48. The number of carbonyl (C=O) groups is 1. The van der Waals surface area contributed by atoms with Crippen molar-refractivity contribution in [2.75, 3.05) is 6.54 Å². The fourth-order valence-electron chi connectivity index (χ4n) is 1.44. The molecule has 0 radical (unpaired) electrons. The van der Waals surface area contributed by atoms with Gasteiger partial charge in [0.05, 0.1) is 6.10 Å². The van der Waals surface area contributed by atoms with Crippen molar-refractivity contribution in [1.29, 1.82) is 0 Å². The molecule has 0 fully saturated rings. The second-order valence-electron chi connectivity index (χ2n) is 3.98. The number of nitrogens with zero attached hydrogens (tertiary/aromatic N) is 2. The van der Waals surface area contributed by atoms with Crippen LogP contribution in [0, 0.1) is 0 Å². The van der Waals surface area contributed by atoms with E-state index in [1.54, 1.807) is 6.92 Å². The lowest BCUT2D eigenvalue weighted by molar-refractivity contribution is 0.0934. The molecule has 6 nitrogen and oxygen atoms in total. The van der Waals surface area contributed by atoms with Gasteiger partial charge in [-0.3, -0.25) is 9.59 Å². The molecule has 0 saturated carbocycles. The van der Waals surface area contributed by atoms with E-state index in [1.807, 2.05) is 6.92 Å². The van der Waals surface area contributed by atoms with Crippen molar-refractivity contribution < 1.29 is 9.90 Å². The maximum absolute atomic E-state index is 11.7. The minimum absolute atomic E-state index is 0.211. The van der Waals surface area contributed by atoms with E-state index >= 15 is 0 Å². The molecule has 0 spiro atoms. The van der Waals surface area contributed by atoms with Crippen LogP contribution in [0.25, 0.3) is 0 Å². The highest BCUT2D eigenvalue weighted by atomic mass is 16.3. The van der Waals surface area contributed by atoms with Crippen LogP contribution in [0.5, 0.6) is 0 Å². The van der Waals surface area contributed by atoms with Crippen molar-refractivity contribution in [3.05, 3.63) is 28.2 Å². The Balaban J connectivity index is 2.59. The Morgan fingerprint density at radius 1 is 1.50 bits per heavy atom. The molecule has 1 amide bonds. The quantitative estimate of drug-likeness (QED) is 0.756. The van der Waals surface area contributed by atoms with Crippen LogP contribution in [-0.2, 0) is 6.54 Å². The summed E-state index contributed by atoms with van der Waals surface area (Å²) >= 11 is 0. The van der Waals surface area contributed by atoms with Gasteiger partial charge in [-0.25, -0.2) is 4.68 Å². The summed E-state index contributed by atoms with van der Waals surface area (Å²) in [4.78, 5) is 23.0. The molecule has 0 aliphatic carbocycles. The molecule has 2 N–H and O–H groups in total. The molecule has 100 valence electrons. The van der Waals surface area contributed by atoms with E-state index < -0.39 is 6.10 Å². The Kier molecular flexibility index (Phi) is 5.51. The molecule has 0 aromatic carbocycles. The maximum atomic E-state index is 11.7. The molecule has 1 aromatic heterocycles. The number of carbonyl (C=O) groups excluding carboxylic acids is 1. The SMILES string of the molecule is CCC(O)CCNC(=O)c1ccc(=O)n(CC)n1. The number of aryl methyl sites for hydroxylation is 1. The van der Waals surface area contributed by atoms with E-state index in [4.69, 9.17) is 0 Å². The molecule has 1 heterocycles. The van der Waals surface area contributed by atoms with Crippen molar-refractivity contribution in [3.8, 4) is 0 Å². The second kappa shape index (κ2) is 6.90. The van der Waals surface area contributed by atoms with E-state index in [1.165, 1.54) is 16.8 Å². The number of nitrogens with one attached hydrogen (secondary N) is 1. The number of hydrogen-bond acceptors (Lipinski definition) is 4. The van der Waals surface area contributed by atoms with Crippen LogP contribution in [0.15, 0.2) is 16.9 Å². The number of rotatable bonds is 6. The average Bonchev–Trinajstić information content (AvgIpc) is 2.38. The van der Waals surface area contributed by atoms with E-state index in [0.717, 1.165) is 0 Å². The molecule has 0 aliphatic rings. The molecule has 18 heavy (non-hydrogen) atoms. The summed E-state index contributed by atoms with van der Waals surface area (Å²) in [5, 5.41) is 15.9. The normalized spacial score (nSPS) is 12.2. The lowest BCUT2D eigenvalue weighted by Crippen LogP contribution is -2.31. The predicted molar refractivity (Wildman–Crippen MR) is 67.4 cm³/mol. The van der Waals surface area contributed by atoms with Crippen molar-refractivity contribution in [2.24, 2.45) is 0 Å². The topological polar surface area (TPSA) is 84.2 Å². The molecule has 1 rings (SSSR count). The molecule has 1 aromatic rings. The van der Waals surface area contributed by atoms with Gasteiger partial charge in [0.2, 0.25) is 0 Å². The van der Waals surface area contributed by atoms with Crippen LogP contribution in [0.2, 0.25) is 0 Å². The summed E-state index contributed by atoms with van der Waals surface area (Å²) in [7, 11) is 0. The molecule has 1 unspecified atom stereocenters. The monoisotopic (exact) mass is 253 g/mol. The Bertz CT molecular complexity index is 456. The fraction of sp³-hybridized carbons (Fsp3) is 0.583. The predicted octanol–water partition coefficient (Wildman–Crippen LogP) is 0.154. The van der Waals surface area contributed by atoms with E-state index in [0.29, 0.717) is 25.9 Å². The van der Waals surface area contributed by atoms with Gasteiger partial charge in [-0.15, -0.1) is 0 Å². The van der Waals surface area contributed by atoms with Crippen molar-refractivity contribution in [3.63, 3.8) is 0 Å². The minimum Gasteiger partial charge on any atom is -0.393 e. The largest absolute Gasteiger partial charge is 0.393 e. The van der Waals surface area contributed by atoms with Crippen LogP contribution in [0.4, 0.5) is 0 Å². The zero-order chi connectivity index (χ0) is 13.5. The lowest BCUT2D eigenvalue weighted by atomic mass is 10.2. The van der Waals surface area contributed by atoms with E-state index in [9.17, 15) is 14.7 Å². The summed E-state index contributed by atoms with van der Waals surface area (Å²) < 4.78 is 1.23. The smallest absolute Gasteiger partial charge is 0.271 e. The van der Waals surface area contributed by atoms with Gasteiger partial charge < -0.3 is 10.4 Å².